The van der Waals surface area contributed by atoms with E-state index in [9.17, 15) is 9.90 Å². The molecular formula is C17H21ClN4O2. The molecule has 24 heavy (non-hydrogen) atoms. The van der Waals surface area contributed by atoms with Crippen LogP contribution in [0.25, 0.3) is 0 Å². The number of nitrogens with one attached hydrogen (secondary N) is 1. The Bertz CT molecular complexity index is 682. The predicted octanol–water partition coefficient (Wildman–Crippen LogP) is 2.23. The zero-order chi connectivity index (χ0) is 17.0. The summed E-state index contributed by atoms with van der Waals surface area (Å²) in [6, 6.07) is 9.08. The summed E-state index contributed by atoms with van der Waals surface area (Å²) in [7, 11) is 0. The number of carbonyl (C=O) groups excluding carboxylic acids is 1. The summed E-state index contributed by atoms with van der Waals surface area (Å²) >= 11 is 6.20. The first-order valence-electron chi connectivity index (χ1n) is 8.06. The van der Waals surface area contributed by atoms with Crippen LogP contribution in [-0.2, 0) is 12.1 Å². The van der Waals surface area contributed by atoms with Gasteiger partial charge in [0, 0.05) is 42.6 Å². The number of urea groups is 1. The first-order valence-corrected chi connectivity index (χ1v) is 8.44. The molecule has 0 spiro atoms. The first kappa shape index (κ1) is 16.8. The lowest BCUT2D eigenvalue weighted by Crippen LogP contribution is -2.49. The maximum absolute atomic E-state index is 12.2. The average molecular weight is 349 g/mol. The van der Waals surface area contributed by atoms with Crippen LogP contribution in [0.5, 0.6) is 0 Å². The van der Waals surface area contributed by atoms with Crippen molar-refractivity contribution in [2.24, 2.45) is 0 Å². The number of hydrogen-bond acceptors (Lipinski definition) is 3. The summed E-state index contributed by atoms with van der Waals surface area (Å²) in [4.78, 5) is 13.9. The normalized spacial score (nSPS) is 16.8. The monoisotopic (exact) mass is 348 g/mol. The third kappa shape index (κ3) is 3.71. The number of benzene rings is 1. The van der Waals surface area contributed by atoms with E-state index in [0.717, 1.165) is 5.56 Å². The molecule has 1 saturated heterocycles. The van der Waals surface area contributed by atoms with Gasteiger partial charge in [-0.15, -0.1) is 0 Å². The summed E-state index contributed by atoms with van der Waals surface area (Å²) in [5, 5.41) is 18.4. The molecule has 0 unspecified atom stereocenters. The van der Waals surface area contributed by atoms with Gasteiger partial charge in [0.15, 0.2) is 0 Å². The van der Waals surface area contributed by atoms with E-state index in [2.05, 4.69) is 10.4 Å². The molecule has 2 heterocycles. The summed E-state index contributed by atoms with van der Waals surface area (Å²) in [5.41, 5.74) is -0.227. The van der Waals surface area contributed by atoms with Gasteiger partial charge in [-0.1, -0.05) is 29.8 Å². The van der Waals surface area contributed by atoms with Gasteiger partial charge in [0.25, 0.3) is 0 Å². The van der Waals surface area contributed by atoms with E-state index in [-0.39, 0.29) is 6.03 Å². The number of piperidine rings is 1. The molecule has 0 bridgehead atoms. The SMILES string of the molecule is O=C(NCCn1cccn1)N1CCC(O)(c2ccccc2Cl)CC1. The summed E-state index contributed by atoms with van der Waals surface area (Å²) < 4.78 is 1.77. The van der Waals surface area contributed by atoms with E-state index in [1.807, 2.05) is 30.5 Å². The number of rotatable bonds is 4. The Balaban J connectivity index is 1.51. The molecule has 2 N–H and O–H groups in total. The van der Waals surface area contributed by atoms with Gasteiger partial charge in [0.2, 0.25) is 0 Å². The molecule has 1 aromatic carbocycles. The van der Waals surface area contributed by atoms with Crippen molar-refractivity contribution in [2.75, 3.05) is 19.6 Å². The number of nitrogens with zero attached hydrogens (tertiary/aromatic N) is 3. The number of aromatic nitrogens is 2. The molecule has 1 aromatic heterocycles. The molecule has 0 aliphatic carbocycles. The van der Waals surface area contributed by atoms with E-state index in [1.165, 1.54) is 0 Å². The molecule has 0 saturated carbocycles. The first-order chi connectivity index (χ1) is 11.6. The highest BCUT2D eigenvalue weighted by atomic mass is 35.5. The number of halogens is 1. The van der Waals surface area contributed by atoms with Crippen molar-refractivity contribution in [3.63, 3.8) is 0 Å². The summed E-state index contributed by atoms with van der Waals surface area (Å²) in [6.07, 6.45) is 4.52. The van der Waals surface area contributed by atoms with Gasteiger partial charge in [-0.25, -0.2) is 4.79 Å². The highest BCUT2D eigenvalue weighted by Crippen LogP contribution is 2.36. The predicted molar refractivity (Wildman–Crippen MR) is 91.8 cm³/mol. The van der Waals surface area contributed by atoms with Gasteiger partial charge >= 0.3 is 6.03 Å². The second-order valence-electron chi connectivity index (χ2n) is 6.00. The van der Waals surface area contributed by atoms with Gasteiger partial charge in [0.1, 0.15) is 0 Å². The molecule has 128 valence electrons. The Morgan fingerprint density at radius 3 is 2.71 bits per heavy atom. The second kappa shape index (κ2) is 7.23. The largest absolute Gasteiger partial charge is 0.385 e. The van der Waals surface area contributed by atoms with Crippen LogP contribution in [0, 0.1) is 0 Å². The molecular weight excluding hydrogens is 328 g/mol. The fraction of sp³-hybridized carbons (Fsp3) is 0.412. The Hall–Kier alpha value is -2.05. The molecule has 0 radical (unpaired) electrons. The molecule has 3 rings (SSSR count). The molecule has 7 heteroatoms. The van der Waals surface area contributed by atoms with Crippen LogP contribution in [-0.4, -0.2) is 45.5 Å². The van der Waals surface area contributed by atoms with Crippen molar-refractivity contribution < 1.29 is 9.90 Å². The number of likely N-dealkylation sites (tertiary alicyclic amines) is 1. The molecule has 1 aliphatic heterocycles. The third-order valence-electron chi connectivity index (χ3n) is 4.43. The second-order valence-corrected chi connectivity index (χ2v) is 6.41. The Morgan fingerprint density at radius 2 is 2.04 bits per heavy atom. The van der Waals surface area contributed by atoms with Crippen LogP contribution in [0.2, 0.25) is 5.02 Å². The van der Waals surface area contributed by atoms with Crippen molar-refractivity contribution in [1.29, 1.82) is 0 Å². The Labute approximate surface area is 146 Å². The van der Waals surface area contributed by atoms with Gasteiger partial charge in [-0.2, -0.15) is 5.10 Å². The summed E-state index contributed by atoms with van der Waals surface area (Å²) in [5.74, 6) is 0. The Kier molecular flexibility index (Phi) is 5.06. The lowest BCUT2D eigenvalue weighted by Gasteiger charge is -2.38. The van der Waals surface area contributed by atoms with Crippen molar-refractivity contribution in [3.05, 3.63) is 53.3 Å². The van der Waals surface area contributed by atoms with E-state index in [0.29, 0.717) is 44.0 Å². The van der Waals surface area contributed by atoms with Crippen LogP contribution < -0.4 is 5.32 Å². The molecule has 1 aliphatic rings. The molecule has 0 atom stereocenters. The van der Waals surface area contributed by atoms with Crippen molar-refractivity contribution >= 4 is 17.6 Å². The summed E-state index contributed by atoms with van der Waals surface area (Å²) in [6.45, 7) is 2.15. The maximum Gasteiger partial charge on any atom is 0.317 e. The van der Waals surface area contributed by atoms with Gasteiger partial charge in [-0.3, -0.25) is 4.68 Å². The van der Waals surface area contributed by atoms with E-state index in [1.54, 1.807) is 21.8 Å². The molecule has 2 amide bonds. The smallest absolute Gasteiger partial charge is 0.317 e. The maximum atomic E-state index is 12.2. The molecule has 6 nitrogen and oxygen atoms in total. The minimum Gasteiger partial charge on any atom is -0.385 e. The van der Waals surface area contributed by atoms with Gasteiger partial charge < -0.3 is 15.3 Å². The van der Waals surface area contributed by atoms with Gasteiger partial charge in [-0.05, 0) is 25.0 Å². The highest BCUT2D eigenvalue weighted by Gasteiger charge is 2.36. The fourth-order valence-electron chi connectivity index (χ4n) is 3.01. The van der Waals surface area contributed by atoms with E-state index >= 15 is 0 Å². The molecule has 2 aromatic rings. The zero-order valence-electron chi connectivity index (χ0n) is 13.4. The Morgan fingerprint density at radius 1 is 1.29 bits per heavy atom. The number of amides is 2. The molecule has 1 fully saturated rings. The van der Waals surface area contributed by atoms with Crippen molar-refractivity contribution in [3.8, 4) is 0 Å². The zero-order valence-corrected chi connectivity index (χ0v) is 14.1. The number of carbonyl (C=O) groups is 1. The van der Waals surface area contributed by atoms with Crippen LogP contribution in [0.15, 0.2) is 42.7 Å². The van der Waals surface area contributed by atoms with Gasteiger partial charge in [0.05, 0.1) is 12.1 Å². The van der Waals surface area contributed by atoms with Crippen molar-refractivity contribution in [1.82, 2.24) is 20.0 Å². The van der Waals surface area contributed by atoms with Crippen molar-refractivity contribution in [2.45, 2.75) is 25.0 Å². The van der Waals surface area contributed by atoms with Crippen LogP contribution >= 0.6 is 11.6 Å². The quantitative estimate of drug-likeness (QED) is 0.890. The highest BCUT2D eigenvalue weighted by molar-refractivity contribution is 6.31. The minimum atomic E-state index is -0.968. The van der Waals surface area contributed by atoms with E-state index < -0.39 is 5.60 Å². The average Bonchev–Trinajstić information content (AvgIpc) is 3.09. The lowest BCUT2D eigenvalue weighted by atomic mass is 9.84. The number of aliphatic hydroxyl groups is 1. The van der Waals surface area contributed by atoms with Crippen LogP contribution in [0.1, 0.15) is 18.4 Å². The fourth-order valence-corrected chi connectivity index (χ4v) is 3.32. The standard InChI is InChI=1S/C17H21ClN4O2/c18-15-5-2-1-4-14(15)17(24)6-11-21(12-7-17)16(23)19-9-13-22-10-3-8-20-22/h1-5,8,10,24H,6-7,9,11-13H2,(H,19,23). The van der Waals surface area contributed by atoms with Crippen LogP contribution in [0.4, 0.5) is 4.79 Å². The van der Waals surface area contributed by atoms with E-state index in [4.69, 9.17) is 11.6 Å². The topological polar surface area (TPSA) is 70.4 Å². The lowest BCUT2D eigenvalue weighted by molar-refractivity contribution is -0.0167. The van der Waals surface area contributed by atoms with Crippen LogP contribution in [0.3, 0.4) is 0 Å². The number of hydrogen-bond donors (Lipinski definition) is 2. The third-order valence-corrected chi connectivity index (χ3v) is 4.76. The minimum absolute atomic E-state index is 0.108.